The van der Waals surface area contributed by atoms with Crippen molar-refractivity contribution in [2.75, 3.05) is 0 Å². The summed E-state index contributed by atoms with van der Waals surface area (Å²) in [4.78, 5) is 8.66. The van der Waals surface area contributed by atoms with Crippen LogP contribution >= 0.6 is 0 Å². The monoisotopic (exact) mass is 186 g/mol. The highest BCUT2D eigenvalue weighted by atomic mass is 17.5. The lowest BCUT2D eigenvalue weighted by molar-refractivity contribution is -0.425. The van der Waals surface area contributed by atoms with Gasteiger partial charge in [-0.3, -0.25) is 0 Å². The van der Waals surface area contributed by atoms with E-state index >= 15 is 0 Å². The van der Waals surface area contributed by atoms with Crippen LogP contribution in [0.4, 0.5) is 0 Å². The highest BCUT2D eigenvalue weighted by Gasteiger charge is 2.04. The molecule has 0 aliphatic heterocycles. The highest BCUT2D eigenvalue weighted by molar-refractivity contribution is 4.75. The van der Waals surface area contributed by atoms with Gasteiger partial charge in [-0.15, -0.1) is 10.2 Å². The predicted molar refractivity (Wildman–Crippen MR) is 30.9 cm³/mol. The zero-order valence-electron chi connectivity index (χ0n) is 5.98. The average molecular weight is 186 g/mol. The smallest absolute Gasteiger partial charge is 0.394 e. The molecule has 0 aliphatic carbocycles. The number of aromatic nitrogens is 4. The van der Waals surface area contributed by atoms with Crippen molar-refractivity contribution in [1.29, 1.82) is 0 Å². The van der Waals surface area contributed by atoms with E-state index in [0.29, 0.717) is 0 Å². The molecule has 0 fully saturated rings. The molecule has 2 aromatic heterocycles. The van der Waals surface area contributed by atoms with Crippen molar-refractivity contribution in [1.82, 2.24) is 20.4 Å². The second-order valence-electron chi connectivity index (χ2n) is 1.64. The lowest BCUT2D eigenvalue weighted by Gasteiger charge is -1.93. The largest absolute Gasteiger partial charge is 0.451 e. The van der Waals surface area contributed by atoms with Crippen LogP contribution in [-0.2, 0) is 5.04 Å². The quantitative estimate of drug-likeness (QED) is 0.472. The molecule has 0 saturated carbocycles. The third-order valence-electron chi connectivity index (χ3n) is 0.891. The van der Waals surface area contributed by atoms with Gasteiger partial charge in [0.25, 0.3) is 0 Å². The van der Waals surface area contributed by atoms with Crippen LogP contribution in [0.2, 0.25) is 0 Å². The summed E-state index contributed by atoms with van der Waals surface area (Å²) >= 11 is 0. The molecule has 0 bridgehead atoms. The zero-order valence-corrected chi connectivity index (χ0v) is 5.98. The Morgan fingerprint density at radius 2 is 1.46 bits per heavy atom. The van der Waals surface area contributed by atoms with E-state index in [1.807, 2.05) is 0 Å². The van der Waals surface area contributed by atoms with Crippen molar-refractivity contribution in [3.05, 3.63) is 12.8 Å². The first-order chi connectivity index (χ1) is 6.45. The summed E-state index contributed by atoms with van der Waals surface area (Å²) in [6.45, 7) is 0. The van der Waals surface area contributed by atoms with Gasteiger partial charge in [0.2, 0.25) is 12.8 Å². The minimum atomic E-state index is -0.209. The fraction of sp³-hybridized carbons (Fsp3) is 0. The Bertz CT molecular complexity index is 297. The molecule has 2 heterocycles. The lowest BCUT2D eigenvalue weighted by atomic mass is 11.3. The number of nitrogens with zero attached hydrogens (tertiary/aromatic N) is 4. The molecule has 2 rings (SSSR count). The highest BCUT2D eigenvalue weighted by Crippen LogP contribution is 2.06. The second kappa shape index (κ2) is 3.49. The molecule has 0 aliphatic rings. The molecular weight excluding hydrogens is 184 g/mol. The molecule has 0 aromatic carbocycles. The van der Waals surface area contributed by atoms with Gasteiger partial charge in [0.05, 0.1) is 5.04 Å². The number of rotatable bonds is 4. The summed E-state index contributed by atoms with van der Waals surface area (Å²) in [5.41, 5.74) is 0. The summed E-state index contributed by atoms with van der Waals surface area (Å²) in [5.74, 6) is 0. The molecule has 9 heteroatoms. The van der Waals surface area contributed by atoms with E-state index in [1.54, 1.807) is 0 Å². The van der Waals surface area contributed by atoms with Crippen molar-refractivity contribution < 1.29 is 23.6 Å². The molecule has 68 valence electrons. The number of hydrogen-bond acceptors (Lipinski definition) is 9. The molecule has 13 heavy (non-hydrogen) atoms. The predicted octanol–water partition coefficient (Wildman–Crippen LogP) is -0.243. The first kappa shape index (κ1) is 7.49. The molecule has 9 nitrogen and oxygen atoms in total. The Labute approximate surface area is 70.1 Å². The summed E-state index contributed by atoms with van der Waals surface area (Å²) in [7, 11) is 0. The molecule has 0 unspecified atom stereocenters. The minimum absolute atomic E-state index is 0.209. The minimum Gasteiger partial charge on any atom is -0.394 e. The third-order valence-corrected chi connectivity index (χ3v) is 0.891. The molecule has 0 radical (unpaired) electrons. The summed E-state index contributed by atoms with van der Waals surface area (Å²) in [6, 6.07) is 0. The third kappa shape index (κ3) is 1.90. The Kier molecular flexibility index (Phi) is 2.01. The summed E-state index contributed by atoms with van der Waals surface area (Å²) in [6.07, 6.45) is 1.70. The van der Waals surface area contributed by atoms with Crippen molar-refractivity contribution in [2.45, 2.75) is 0 Å². The first-order valence-corrected chi connectivity index (χ1v) is 2.98. The standard InChI is InChI=1S/C4H2N4O5/c1-5-7-3(9-1)11-13-12-4-8-6-2-10-4/h1-2H. The molecule has 2 aromatic rings. The van der Waals surface area contributed by atoms with Crippen LogP contribution in [0.15, 0.2) is 21.6 Å². The number of hydrogen-bond donors (Lipinski definition) is 0. The molecular formula is C4H2N4O5. The van der Waals surface area contributed by atoms with Crippen molar-refractivity contribution in [2.24, 2.45) is 0 Å². The van der Waals surface area contributed by atoms with Crippen molar-refractivity contribution >= 4 is 0 Å². The van der Waals surface area contributed by atoms with E-state index < -0.39 is 0 Å². The first-order valence-electron chi connectivity index (χ1n) is 2.98. The van der Waals surface area contributed by atoms with Crippen LogP contribution in [0.1, 0.15) is 0 Å². The Hall–Kier alpha value is -2.16. The van der Waals surface area contributed by atoms with E-state index in [9.17, 15) is 0 Å². The normalized spacial score (nSPS) is 9.85. The van der Waals surface area contributed by atoms with Crippen LogP contribution in [0.3, 0.4) is 0 Å². The molecule has 0 amide bonds. The maximum Gasteiger partial charge on any atom is 0.451 e. The fourth-order valence-corrected chi connectivity index (χ4v) is 0.474. The van der Waals surface area contributed by atoms with Gasteiger partial charge >= 0.3 is 12.2 Å². The molecule has 0 spiro atoms. The van der Waals surface area contributed by atoms with E-state index in [0.717, 1.165) is 12.8 Å². The van der Waals surface area contributed by atoms with Crippen molar-refractivity contribution in [3.8, 4) is 12.2 Å². The second-order valence-corrected chi connectivity index (χ2v) is 1.64. The Morgan fingerprint density at radius 1 is 0.923 bits per heavy atom. The maximum atomic E-state index is 4.54. The maximum absolute atomic E-state index is 4.54. The van der Waals surface area contributed by atoms with Gasteiger partial charge in [-0.1, -0.05) is 10.2 Å². The zero-order chi connectivity index (χ0) is 8.93. The van der Waals surface area contributed by atoms with Gasteiger partial charge in [0.1, 0.15) is 0 Å². The fourth-order valence-electron chi connectivity index (χ4n) is 0.474. The average Bonchev–Trinajstić information content (AvgIpc) is 2.75. The van der Waals surface area contributed by atoms with Crippen LogP contribution in [0, 0.1) is 0 Å². The van der Waals surface area contributed by atoms with Gasteiger partial charge in [-0.25, -0.2) is 9.78 Å². The van der Waals surface area contributed by atoms with Gasteiger partial charge in [0, 0.05) is 0 Å². The van der Waals surface area contributed by atoms with Crippen LogP contribution in [-0.4, -0.2) is 20.4 Å². The molecule has 0 saturated heterocycles. The van der Waals surface area contributed by atoms with Gasteiger partial charge in [-0.05, 0) is 0 Å². The van der Waals surface area contributed by atoms with Crippen LogP contribution in [0.25, 0.3) is 0 Å². The van der Waals surface area contributed by atoms with Gasteiger partial charge < -0.3 is 8.83 Å². The van der Waals surface area contributed by atoms with Crippen molar-refractivity contribution in [3.63, 3.8) is 0 Å². The SMILES string of the molecule is c1nnc(OOOc2nnco2)o1. The van der Waals surface area contributed by atoms with Gasteiger partial charge in [-0.2, -0.15) is 0 Å². The van der Waals surface area contributed by atoms with Crippen LogP contribution < -0.4 is 9.78 Å². The Balaban J connectivity index is 1.76. The van der Waals surface area contributed by atoms with E-state index in [2.05, 4.69) is 44.0 Å². The topological polar surface area (TPSA) is 106 Å². The molecule has 0 N–H and O–H groups in total. The van der Waals surface area contributed by atoms with E-state index in [-0.39, 0.29) is 12.2 Å². The lowest BCUT2D eigenvalue weighted by Crippen LogP contribution is -2.02. The Morgan fingerprint density at radius 3 is 1.85 bits per heavy atom. The van der Waals surface area contributed by atoms with E-state index in [1.165, 1.54) is 0 Å². The summed E-state index contributed by atoms with van der Waals surface area (Å²) < 4.78 is 9.07. The van der Waals surface area contributed by atoms with E-state index in [4.69, 9.17) is 0 Å². The molecule has 0 atom stereocenters. The van der Waals surface area contributed by atoms with Gasteiger partial charge in [0.15, 0.2) is 0 Å². The van der Waals surface area contributed by atoms with Crippen LogP contribution in [0.5, 0.6) is 12.2 Å². The summed E-state index contributed by atoms with van der Waals surface area (Å²) in [5, 5.41) is 17.4.